The fourth-order valence-electron chi connectivity index (χ4n) is 3.25. The first-order valence-corrected chi connectivity index (χ1v) is 9.55. The lowest BCUT2D eigenvalue weighted by Gasteiger charge is -2.36. The van der Waals surface area contributed by atoms with Gasteiger partial charge in [-0.05, 0) is 19.4 Å². The number of aryl methyl sites for hydroxylation is 1. The zero-order chi connectivity index (χ0) is 19.1. The molecule has 1 fully saturated rings. The van der Waals surface area contributed by atoms with Gasteiger partial charge in [-0.3, -0.25) is 9.89 Å². The Labute approximate surface area is 183 Å². The molecule has 2 heterocycles. The zero-order valence-electron chi connectivity index (χ0n) is 16.5. The number of hydrogen-bond acceptors (Lipinski definition) is 5. The predicted molar refractivity (Wildman–Crippen MR) is 121 cm³/mol. The molecule has 1 atom stereocenters. The monoisotopic (exact) mass is 499 g/mol. The van der Waals surface area contributed by atoms with Gasteiger partial charge in [0.25, 0.3) is 0 Å². The van der Waals surface area contributed by atoms with Crippen LogP contribution in [0, 0.1) is 6.92 Å². The number of guanidine groups is 1. The number of halogens is 1. The number of aliphatic hydroxyl groups is 1. The summed E-state index contributed by atoms with van der Waals surface area (Å²) in [5.74, 6) is 0.866. The summed E-state index contributed by atoms with van der Waals surface area (Å²) < 4.78 is 4.91. The summed E-state index contributed by atoms with van der Waals surface area (Å²) in [4.78, 5) is 9.30. The van der Waals surface area contributed by atoms with Crippen molar-refractivity contribution in [1.29, 1.82) is 0 Å². The summed E-state index contributed by atoms with van der Waals surface area (Å²) in [7, 11) is 0. The molecule has 154 valence electrons. The van der Waals surface area contributed by atoms with Crippen molar-refractivity contribution in [2.45, 2.75) is 26.5 Å². The van der Waals surface area contributed by atoms with E-state index in [4.69, 9.17) is 4.52 Å². The molecule has 3 rings (SSSR count). The first kappa shape index (κ1) is 22.6. The third kappa shape index (κ3) is 6.46. The van der Waals surface area contributed by atoms with E-state index in [1.165, 1.54) is 0 Å². The van der Waals surface area contributed by atoms with E-state index in [-0.39, 0.29) is 24.0 Å². The first-order valence-electron chi connectivity index (χ1n) is 9.55. The Morgan fingerprint density at radius 2 is 2.07 bits per heavy atom. The number of piperazine rings is 1. The summed E-state index contributed by atoms with van der Waals surface area (Å²) >= 11 is 0. The fraction of sp³-hybridized carbons (Fsp3) is 0.500. The van der Waals surface area contributed by atoms with Crippen LogP contribution >= 0.6 is 24.0 Å². The lowest BCUT2D eigenvalue weighted by atomic mass is 10.1. The smallest absolute Gasteiger partial charge is 0.194 e. The minimum absolute atomic E-state index is 0. The molecule has 1 aromatic heterocycles. The number of nitrogens with zero attached hydrogens (tertiary/aromatic N) is 4. The van der Waals surface area contributed by atoms with Gasteiger partial charge in [0.05, 0.1) is 18.3 Å². The molecule has 1 aliphatic heterocycles. The molecule has 0 radical (unpaired) electrons. The minimum atomic E-state index is -0.591. The van der Waals surface area contributed by atoms with Crippen LogP contribution in [-0.4, -0.2) is 65.3 Å². The van der Waals surface area contributed by atoms with Crippen molar-refractivity contribution in [3.05, 3.63) is 53.4 Å². The highest BCUT2D eigenvalue weighted by Crippen LogP contribution is 2.15. The Hall–Kier alpha value is -1.65. The Balaban J connectivity index is 0.00000280. The highest BCUT2D eigenvalue weighted by atomic mass is 127. The van der Waals surface area contributed by atoms with Gasteiger partial charge >= 0.3 is 0 Å². The lowest BCUT2D eigenvalue weighted by Crippen LogP contribution is -2.52. The molecule has 1 saturated heterocycles. The first-order chi connectivity index (χ1) is 13.2. The standard InChI is InChI=1S/C20H29N5O2.HI/c1-3-21-20(22-14-19(26)17-6-4-5-16(2)13-17)25-10-8-24(9-11-25)15-18-7-12-27-23-18;/h4-7,12-13,19,26H,3,8-11,14-15H2,1-2H3,(H,21,22);1H. The van der Waals surface area contributed by atoms with E-state index in [0.717, 1.165) is 62.0 Å². The molecule has 0 aliphatic carbocycles. The highest BCUT2D eigenvalue weighted by Gasteiger charge is 2.20. The van der Waals surface area contributed by atoms with E-state index in [0.29, 0.717) is 6.54 Å². The average Bonchev–Trinajstić information content (AvgIpc) is 3.18. The number of benzene rings is 1. The Kier molecular flexibility index (Phi) is 9.20. The molecule has 2 N–H and O–H groups in total. The van der Waals surface area contributed by atoms with E-state index < -0.39 is 6.10 Å². The van der Waals surface area contributed by atoms with Crippen LogP contribution in [0.5, 0.6) is 0 Å². The van der Waals surface area contributed by atoms with E-state index >= 15 is 0 Å². The molecular formula is C20H30IN5O2. The van der Waals surface area contributed by atoms with Crippen LogP contribution in [0.2, 0.25) is 0 Å². The van der Waals surface area contributed by atoms with Crippen molar-refractivity contribution in [2.75, 3.05) is 39.3 Å². The van der Waals surface area contributed by atoms with E-state index in [1.807, 2.05) is 37.3 Å². The van der Waals surface area contributed by atoms with Crippen LogP contribution in [-0.2, 0) is 6.54 Å². The molecule has 28 heavy (non-hydrogen) atoms. The molecule has 0 saturated carbocycles. The maximum atomic E-state index is 10.5. The van der Waals surface area contributed by atoms with Crippen molar-refractivity contribution >= 4 is 29.9 Å². The van der Waals surface area contributed by atoms with Crippen molar-refractivity contribution in [3.8, 4) is 0 Å². The second-order valence-electron chi connectivity index (χ2n) is 6.88. The van der Waals surface area contributed by atoms with Gasteiger partial charge in [0.2, 0.25) is 0 Å². The van der Waals surface area contributed by atoms with Gasteiger partial charge in [0, 0.05) is 45.3 Å². The SMILES string of the molecule is CCNC(=NCC(O)c1cccc(C)c1)N1CCN(Cc2ccon2)CC1.I. The van der Waals surface area contributed by atoms with Gasteiger partial charge in [0.15, 0.2) is 5.96 Å². The van der Waals surface area contributed by atoms with Gasteiger partial charge in [-0.2, -0.15) is 0 Å². The summed E-state index contributed by atoms with van der Waals surface area (Å²) in [6.45, 7) is 9.73. The van der Waals surface area contributed by atoms with Crippen molar-refractivity contribution in [3.63, 3.8) is 0 Å². The molecular weight excluding hydrogens is 469 g/mol. The number of hydrogen-bond donors (Lipinski definition) is 2. The van der Waals surface area contributed by atoms with Crippen LogP contribution in [0.1, 0.15) is 29.8 Å². The normalized spacial score (nSPS) is 16.5. The third-order valence-electron chi connectivity index (χ3n) is 4.72. The third-order valence-corrected chi connectivity index (χ3v) is 4.72. The second kappa shape index (κ2) is 11.4. The quantitative estimate of drug-likeness (QED) is 0.361. The van der Waals surface area contributed by atoms with Gasteiger partial charge in [-0.25, -0.2) is 0 Å². The van der Waals surface area contributed by atoms with Crippen LogP contribution in [0.4, 0.5) is 0 Å². The molecule has 7 nitrogen and oxygen atoms in total. The van der Waals surface area contributed by atoms with E-state index in [9.17, 15) is 5.11 Å². The molecule has 1 unspecified atom stereocenters. The number of aromatic nitrogens is 1. The average molecular weight is 499 g/mol. The fourth-order valence-corrected chi connectivity index (χ4v) is 3.25. The minimum Gasteiger partial charge on any atom is -0.386 e. The number of aliphatic hydroxyl groups excluding tert-OH is 1. The van der Waals surface area contributed by atoms with Crippen molar-refractivity contribution in [1.82, 2.24) is 20.3 Å². The van der Waals surface area contributed by atoms with Crippen LogP contribution in [0.15, 0.2) is 46.1 Å². The predicted octanol–water partition coefficient (Wildman–Crippen LogP) is 2.42. The van der Waals surface area contributed by atoms with E-state index in [1.54, 1.807) is 6.26 Å². The molecule has 0 amide bonds. The summed E-state index contributed by atoms with van der Waals surface area (Å²) in [6.07, 6.45) is 1.02. The van der Waals surface area contributed by atoms with Crippen molar-refractivity contribution in [2.24, 2.45) is 4.99 Å². The molecule has 2 aromatic rings. The Morgan fingerprint density at radius 1 is 1.29 bits per heavy atom. The zero-order valence-corrected chi connectivity index (χ0v) is 18.9. The highest BCUT2D eigenvalue weighted by molar-refractivity contribution is 14.0. The molecule has 0 spiro atoms. The molecule has 0 bridgehead atoms. The Morgan fingerprint density at radius 3 is 2.71 bits per heavy atom. The van der Waals surface area contributed by atoms with Crippen LogP contribution in [0.25, 0.3) is 0 Å². The molecule has 1 aromatic carbocycles. The number of aliphatic imine (C=N–C) groups is 1. The van der Waals surface area contributed by atoms with Gasteiger partial charge in [-0.15, -0.1) is 24.0 Å². The maximum absolute atomic E-state index is 10.5. The van der Waals surface area contributed by atoms with Crippen LogP contribution < -0.4 is 5.32 Å². The van der Waals surface area contributed by atoms with Gasteiger partial charge in [0.1, 0.15) is 6.26 Å². The second-order valence-corrected chi connectivity index (χ2v) is 6.88. The topological polar surface area (TPSA) is 77.1 Å². The maximum Gasteiger partial charge on any atom is 0.194 e. The van der Waals surface area contributed by atoms with Gasteiger partial charge in [-0.1, -0.05) is 35.0 Å². The van der Waals surface area contributed by atoms with E-state index in [2.05, 4.69) is 32.2 Å². The van der Waals surface area contributed by atoms with Gasteiger partial charge < -0.3 is 19.8 Å². The largest absolute Gasteiger partial charge is 0.386 e. The summed E-state index contributed by atoms with van der Waals surface area (Å²) in [5.41, 5.74) is 3.02. The van der Waals surface area contributed by atoms with Crippen molar-refractivity contribution < 1.29 is 9.63 Å². The number of rotatable bonds is 6. The van der Waals surface area contributed by atoms with Crippen LogP contribution in [0.3, 0.4) is 0 Å². The molecule has 8 heteroatoms. The summed E-state index contributed by atoms with van der Waals surface area (Å²) in [5, 5.41) is 17.8. The summed E-state index contributed by atoms with van der Waals surface area (Å²) in [6, 6.07) is 9.86. The number of nitrogens with one attached hydrogen (secondary N) is 1. The lowest BCUT2D eigenvalue weighted by molar-refractivity contribution is 0.166. The molecule has 1 aliphatic rings. The Bertz CT molecular complexity index is 730.